The van der Waals surface area contributed by atoms with Gasteiger partial charge in [0.15, 0.2) is 0 Å². The second-order valence-electron chi connectivity index (χ2n) is 9.99. The fourth-order valence-corrected chi connectivity index (χ4v) is 5.06. The fraction of sp³-hybridized carbons (Fsp3) is 0.250. The maximum atomic E-state index is 13.6. The second-order valence-corrected chi connectivity index (χ2v) is 9.99. The summed E-state index contributed by atoms with van der Waals surface area (Å²) in [5.74, 6) is 1.26. The molecule has 1 fully saturated rings. The van der Waals surface area contributed by atoms with E-state index in [2.05, 4.69) is 56.8 Å². The number of anilines is 1. The Morgan fingerprint density at radius 1 is 1.10 bits per heavy atom. The monoisotopic (exact) mass is 522 g/mol. The van der Waals surface area contributed by atoms with Gasteiger partial charge in [0.05, 0.1) is 17.2 Å². The standard InChI is InChI=1S/C32H35FN6/c1-23-9-7-20-39(23)31(24(2)27-13-15-28(33)16-14-27)30-17-18-34-32(37-30)36-29-12-8-19-38(22-29)25(3)35-21-26-10-5-4-6-11-26/h4-7,10-11,13-18,20,29,35H,1,3,8-9,12,19,21-22H2,2H3,(H,34,36,37)/b31-24+. The summed E-state index contributed by atoms with van der Waals surface area (Å²) in [7, 11) is 0. The molecule has 0 bridgehead atoms. The van der Waals surface area contributed by atoms with Crippen LogP contribution < -0.4 is 10.6 Å². The number of benzene rings is 2. The Morgan fingerprint density at radius 3 is 2.64 bits per heavy atom. The summed E-state index contributed by atoms with van der Waals surface area (Å²) < 4.78 is 13.6. The molecule has 1 aromatic heterocycles. The van der Waals surface area contributed by atoms with E-state index >= 15 is 0 Å². The van der Waals surface area contributed by atoms with Crippen molar-refractivity contribution in [2.75, 3.05) is 18.4 Å². The van der Waals surface area contributed by atoms with E-state index in [4.69, 9.17) is 4.98 Å². The number of halogens is 1. The third-order valence-corrected chi connectivity index (χ3v) is 7.20. The lowest BCUT2D eigenvalue weighted by Crippen LogP contribution is -2.44. The highest BCUT2D eigenvalue weighted by atomic mass is 19.1. The number of rotatable bonds is 9. The van der Waals surface area contributed by atoms with Gasteiger partial charge in [-0.2, -0.15) is 0 Å². The van der Waals surface area contributed by atoms with Crippen LogP contribution in [0, 0.1) is 5.82 Å². The normalized spacial score (nSPS) is 17.7. The van der Waals surface area contributed by atoms with Crippen LogP contribution in [0.25, 0.3) is 11.3 Å². The first-order valence-corrected chi connectivity index (χ1v) is 13.4. The number of nitrogens with zero attached hydrogens (tertiary/aromatic N) is 4. The van der Waals surface area contributed by atoms with E-state index in [1.807, 2.05) is 37.4 Å². The third-order valence-electron chi connectivity index (χ3n) is 7.20. The van der Waals surface area contributed by atoms with Crippen molar-refractivity contribution in [1.29, 1.82) is 0 Å². The topological polar surface area (TPSA) is 56.3 Å². The molecule has 2 aliphatic rings. The van der Waals surface area contributed by atoms with E-state index in [9.17, 15) is 4.39 Å². The van der Waals surface area contributed by atoms with Crippen molar-refractivity contribution in [2.24, 2.45) is 0 Å². The zero-order valence-corrected chi connectivity index (χ0v) is 22.4. The Hall–Kier alpha value is -4.39. The molecule has 2 N–H and O–H groups in total. The zero-order valence-electron chi connectivity index (χ0n) is 22.4. The number of hydrogen-bond donors (Lipinski definition) is 2. The van der Waals surface area contributed by atoms with Crippen molar-refractivity contribution in [2.45, 2.75) is 38.8 Å². The smallest absolute Gasteiger partial charge is 0.223 e. The van der Waals surface area contributed by atoms with Crippen LogP contribution in [-0.2, 0) is 6.54 Å². The highest BCUT2D eigenvalue weighted by Crippen LogP contribution is 2.34. The first-order valence-electron chi connectivity index (χ1n) is 13.4. The molecule has 3 heterocycles. The molecule has 5 rings (SSSR count). The molecule has 0 amide bonds. The summed E-state index contributed by atoms with van der Waals surface area (Å²) in [5.41, 5.74) is 5.79. The van der Waals surface area contributed by atoms with Crippen LogP contribution in [0.4, 0.5) is 10.3 Å². The molecule has 200 valence electrons. The van der Waals surface area contributed by atoms with Crippen molar-refractivity contribution in [3.63, 3.8) is 0 Å². The summed E-state index contributed by atoms with van der Waals surface area (Å²) in [5, 5.41) is 7.03. The fourth-order valence-electron chi connectivity index (χ4n) is 5.06. The minimum atomic E-state index is -0.258. The third kappa shape index (κ3) is 6.37. The molecule has 2 aromatic carbocycles. The zero-order chi connectivity index (χ0) is 27.2. The summed E-state index contributed by atoms with van der Waals surface area (Å²) >= 11 is 0. The molecule has 1 atom stereocenters. The average molecular weight is 523 g/mol. The van der Waals surface area contributed by atoms with Gasteiger partial charge in [0.2, 0.25) is 5.95 Å². The van der Waals surface area contributed by atoms with Gasteiger partial charge in [-0.3, -0.25) is 0 Å². The van der Waals surface area contributed by atoms with Crippen LogP contribution in [0.1, 0.15) is 43.0 Å². The minimum Gasteiger partial charge on any atom is -0.368 e. The van der Waals surface area contributed by atoms with Crippen LogP contribution >= 0.6 is 0 Å². The van der Waals surface area contributed by atoms with Gasteiger partial charge in [-0.05, 0) is 54.7 Å². The predicted molar refractivity (Wildman–Crippen MR) is 156 cm³/mol. The number of nitrogens with one attached hydrogen (secondary N) is 2. The predicted octanol–water partition coefficient (Wildman–Crippen LogP) is 6.37. The molecule has 1 saturated heterocycles. The molecule has 0 saturated carbocycles. The molecule has 0 spiro atoms. The van der Waals surface area contributed by atoms with E-state index < -0.39 is 0 Å². The lowest BCUT2D eigenvalue weighted by molar-refractivity contribution is 0.253. The van der Waals surface area contributed by atoms with Gasteiger partial charge < -0.3 is 20.4 Å². The van der Waals surface area contributed by atoms with Crippen LogP contribution in [0.15, 0.2) is 104 Å². The quantitative estimate of drug-likeness (QED) is 0.340. The molecule has 6 nitrogen and oxygen atoms in total. The Labute approximate surface area is 230 Å². The lowest BCUT2D eigenvalue weighted by atomic mass is 10.0. The summed E-state index contributed by atoms with van der Waals surface area (Å²) in [4.78, 5) is 13.8. The SMILES string of the molecule is C=C(NCc1ccccc1)N1CCCC(Nc2nccc(/C(=C(/C)c3ccc(F)cc3)N3C=CCC3=C)n2)C1. The first-order chi connectivity index (χ1) is 19.0. The Morgan fingerprint density at radius 2 is 1.90 bits per heavy atom. The van der Waals surface area contributed by atoms with Gasteiger partial charge in [-0.25, -0.2) is 14.4 Å². The van der Waals surface area contributed by atoms with Crippen LogP contribution in [0.5, 0.6) is 0 Å². The van der Waals surface area contributed by atoms with Gasteiger partial charge in [0, 0.05) is 50.2 Å². The maximum absolute atomic E-state index is 13.6. The number of allylic oxidation sites excluding steroid dienone is 2. The number of aromatic nitrogens is 2. The highest BCUT2D eigenvalue weighted by molar-refractivity contribution is 5.89. The van der Waals surface area contributed by atoms with Crippen LogP contribution in [0.3, 0.4) is 0 Å². The van der Waals surface area contributed by atoms with Gasteiger partial charge in [-0.15, -0.1) is 0 Å². The summed E-state index contributed by atoms with van der Waals surface area (Å²) in [6.07, 6.45) is 8.74. The van der Waals surface area contributed by atoms with E-state index in [1.165, 1.54) is 17.7 Å². The van der Waals surface area contributed by atoms with Gasteiger partial charge in [0.1, 0.15) is 5.82 Å². The molecule has 0 radical (unpaired) electrons. The molecule has 39 heavy (non-hydrogen) atoms. The van der Waals surface area contributed by atoms with Gasteiger partial charge in [0.25, 0.3) is 0 Å². The second kappa shape index (κ2) is 12.0. The highest BCUT2D eigenvalue weighted by Gasteiger charge is 2.24. The minimum absolute atomic E-state index is 0.191. The summed E-state index contributed by atoms with van der Waals surface area (Å²) in [6.45, 7) is 13.1. The van der Waals surface area contributed by atoms with Crippen molar-refractivity contribution < 1.29 is 4.39 Å². The van der Waals surface area contributed by atoms with E-state index in [-0.39, 0.29) is 11.9 Å². The van der Waals surface area contributed by atoms with Gasteiger partial charge in [-0.1, -0.05) is 61.7 Å². The van der Waals surface area contributed by atoms with Crippen LogP contribution in [0.2, 0.25) is 0 Å². The maximum Gasteiger partial charge on any atom is 0.223 e. The van der Waals surface area contributed by atoms with E-state index in [0.717, 1.165) is 72.9 Å². The Balaban J connectivity index is 1.32. The lowest BCUT2D eigenvalue weighted by Gasteiger charge is -2.36. The van der Waals surface area contributed by atoms with Crippen molar-refractivity contribution in [3.05, 3.63) is 126 Å². The molecule has 2 aliphatic heterocycles. The molecule has 7 heteroatoms. The Bertz CT molecular complexity index is 1380. The van der Waals surface area contributed by atoms with Crippen LogP contribution in [-0.4, -0.2) is 38.9 Å². The first kappa shape index (κ1) is 26.2. The number of likely N-dealkylation sites (tertiary alicyclic amines) is 1. The Kier molecular flexibility index (Phi) is 8.06. The summed E-state index contributed by atoms with van der Waals surface area (Å²) in [6, 6.07) is 19.0. The van der Waals surface area contributed by atoms with Crippen molar-refractivity contribution in [3.8, 4) is 0 Å². The molecule has 3 aromatic rings. The van der Waals surface area contributed by atoms with E-state index in [0.29, 0.717) is 5.95 Å². The number of hydrogen-bond acceptors (Lipinski definition) is 6. The van der Waals surface area contributed by atoms with Gasteiger partial charge >= 0.3 is 0 Å². The molecule has 1 unspecified atom stereocenters. The average Bonchev–Trinajstić information content (AvgIpc) is 3.38. The van der Waals surface area contributed by atoms with Crippen molar-refractivity contribution in [1.82, 2.24) is 25.1 Å². The molecular weight excluding hydrogens is 487 g/mol. The molecular formula is C32H35FN6. The van der Waals surface area contributed by atoms with E-state index in [1.54, 1.807) is 18.3 Å². The molecule has 0 aliphatic carbocycles. The largest absolute Gasteiger partial charge is 0.368 e. The van der Waals surface area contributed by atoms with Crippen molar-refractivity contribution >= 4 is 17.2 Å². The number of piperidine rings is 1.